The van der Waals surface area contributed by atoms with Gasteiger partial charge in [-0.25, -0.2) is 0 Å². The van der Waals surface area contributed by atoms with Gasteiger partial charge in [-0.05, 0) is 37.3 Å². The maximum atomic E-state index is 4.26. The minimum absolute atomic E-state index is 0.461. The van der Waals surface area contributed by atoms with E-state index in [4.69, 9.17) is 0 Å². The highest BCUT2D eigenvalue weighted by molar-refractivity contribution is 5.08. The van der Waals surface area contributed by atoms with E-state index in [0.717, 1.165) is 6.42 Å². The molecule has 1 fully saturated rings. The number of aromatic nitrogens is 2. The van der Waals surface area contributed by atoms with Gasteiger partial charge in [0.15, 0.2) is 0 Å². The lowest BCUT2D eigenvalue weighted by Gasteiger charge is -2.40. The van der Waals surface area contributed by atoms with Crippen molar-refractivity contribution in [2.75, 3.05) is 7.05 Å². The highest BCUT2D eigenvalue weighted by atomic mass is 15.2. The number of likely N-dealkylation sites (N-methyl/N-ethyl adjacent to an activating group) is 1. The molecule has 0 aliphatic heterocycles. The Morgan fingerprint density at radius 3 is 2.65 bits per heavy atom. The molecular weight excluding hydrogens is 210 g/mol. The number of nitrogens with zero attached hydrogens (tertiary/aromatic N) is 2. The Labute approximate surface area is 105 Å². The van der Waals surface area contributed by atoms with Crippen LogP contribution in [0.5, 0.6) is 0 Å². The van der Waals surface area contributed by atoms with Crippen LogP contribution in [0.4, 0.5) is 0 Å². The number of hydrogen-bond donors (Lipinski definition) is 1. The molecule has 1 N–H and O–H groups in total. The molecule has 0 amide bonds. The molecule has 0 saturated heterocycles. The number of rotatable bonds is 4. The van der Waals surface area contributed by atoms with Crippen molar-refractivity contribution in [3.8, 4) is 0 Å². The van der Waals surface area contributed by atoms with Crippen LogP contribution in [0.1, 0.15) is 44.6 Å². The zero-order valence-corrected chi connectivity index (χ0v) is 11.4. The van der Waals surface area contributed by atoms with Gasteiger partial charge in [-0.1, -0.05) is 26.2 Å². The van der Waals surface area contributed by atoms with E-state index in [2.05, 4.69) is 30.6 Å². The monoisotopic (exact) mass is 235 g/mol. The normalized spacial score (nSPS) is 21.4. The molecule has 1 aromatic rings. The first-order chi connectivity index (χ1) is 8.14. The quantitative estimate of drug-likeness (QED) is 0.869. The van der Waals surface area contributed by atoms with Crippen LogP contribution in [0.2, 0.25) is 0 Å². The van der Waals surface area contributed by atoms with Gasteiger partial charge in [0.05, 0.1) is 6.20 Å². The average Bonchev–Trinajstić information content (AvgIpc) is 2.72. The number of hydrogen-bond acceptors (Lipinski definition) is 2. The average molecular weight is 235 g/mol. The topological polar surface area (TPSA) is 29.9 Å². The Morgan fingerprint density at radius 2 is 2.12 bits per heavy atom. The first-order valence-corrected chi connectivity index (χ1v) is 6.79. The minimum atomic E-state index is 0.461. The SMILES string of the molecule is CNC(Cc1cnn(C)c1)C1(C)CCCCC1. The van der Waals surface area contributed by atoms with Crippen LogP contribution in [0.25, 0.3) is 0 Å². The molecule has 1 saturated carbocycles. The standard InChI is InChI=1S/C14H25N3/c1-14(7-5-4-6-8-14)13(15-2)9-12-10-16-17(3)11-12/h10-11,13,15H,4-9H2,1-3H3. The van der Waals surface area contributed by atoms with Crippen LogP contribution in [-0.4, -0.2) is 22.9 Å². The smallest absolute Gasteiger partial charge is 0.0522 e. The maximum absolute atomic E-state index is 4.26. The van der Waals surface area contributed by atoms with Gasteiger partial charge in [-0.3, -0.25) is 4.68 Å². The predicted molar refractivity (Wildman–Crippen MR) is 71.0 cm³/mol. The molecule has 1 aliphatic carbocycles. The molecule has 0 radical (unpaired) electrons. The first-order valence-electron chi connectivity index (χ1n) is 6.79. The van der Waals surface area contributed by atoms with Crippen molar-refractivity contribution >= 4 is 0 Å². The molecule has 1 unspecified atom stereocenters. The van der Waals surface area contributed by atoms with Crippen molar-refractivity contribution in [3.63, 3.8) is 0 Å². The Morgan fingerprint density at radius 1 is 1.41 bits per heavy atom. The lowest BCUT2D eigenvalue weighted by Crippen LogP contribution is -2.44. The lowest BCUT2D eigenvalue weighted by molar-refractivity contribution is 0.149. The fourth-order valence-corrected chi connectivity index (χ4v) is 3.22. The van der Waals surface area contributed by atoms with Crippen molar-refractivity contribution in [1.29, 1.82) is 0 Å². The molecule has 2 rings (SSSR count). The number of nitrogens with one attached hydrogen (secondary N) is 1. The Bertz CT molecular complexity index is 350. The summed E-state index contributed by atoms with van der Waals surface area (Å²) in [5.74, 6) is 0. The van der Waals surface area contributed by atoms with Gasteiger partial charge < -0.3 is 5.32 Å². The molecule has 0 aromatic carbocycles. The molecule has 1 atom stereocenters. The zero-order chi connectivity index (χ0) is 12.3. The minimum Gasteiger partial charge on any atom is -0.316 e. The van der Waals surface area contributed by atoms with E-state index in [1.54, 1.807) is 0 Å². The highest BCUT2D eigenvalue weighted by Gasteiger charge is 2.34. The summed E-state index contributed by atoms with van der Waals surface area (Å²) in [6.07, 6.45) is 12.1. The maximum Gasteiger partial charge on any atom is 0.0522 e. The molecule has 3 heteroatoms. The summed E-state index contributed by atoms with van der Waals surface area (Å²) in [6, 6.07) is 0.576. The zero-order valence-electron chi connectivity index (χ0n) is 11.4. The second kappa shape index (κ2) is 5.21. The van der Waals surface area contributed by atoms with E-state index in [-0.39, 0.29) is 0 Å². The number of aryl methyl sites for hydroxylation is 1. The molecule has 0 bridgehead atoms. The largest absolute Gasteiger partial charge is 0.316 e. The van der Waals surface area contributed by atoms with Gasteiger partial charge in [0.2, 0.25) is 0 Å². The molecule has 1 heterocycles. The van der Waals surface area contributed by atoms with E-state index in [0.29, 0.717) is 11.5 Å². The molecule has 1 aromatic heterocycles. The summed E-state index contributed by atoms with van der Waals surface area (Å²) in [5, 5.41) is 7.79. The van der Waals surface area contributed by atoms with E-state index in [1.807, 2.05) is 17.9 Å². The summed E-state index contributed by atoms with van der Waals surface area (Å²) >= 11 is 0. The summed E-state index contributed by atoms with van der Waals surface area (Å²) in [5.41, 5.74) is 1.81. The van der Waals surface area contributed by atoms with Crippen molar-refractivity contribution in [2.24, 2.45) is 12.5 Å². The van der Waals surface area contributed by atoms with Crippen LogP contribution in [0.15, 0.2) is 12.4 Å². The predicted octanol–water partition coefficient (Wildman–Crippen LogP) is 2.52. The molecule has 17 heavy (non-hydrogen) atoms. The van der Waals surface area contributed by atoms with Crippen molar-refractivity contribution in [2.45, 2.75) is 51.5 Å². The van der Waals surface area contributed by atoms with E-state index < -0.39 is 0 Å². The Balaban J connectivity index is 2.05. The molecule has 96 valence electrons. The van der Waals surface area contributed by atoms with Crippen LogP contribution >= 0.6 is 0 Å². The lowest BCUT2D eigenvalue weighted by atomic mass is 9.69. The third-order valence-electron chi connectivity index (χ3n) is 4.38. The first kappa shape index (κ1) is 12.6. The Kier molecular flexibility index (Phi) is 3.87. The van der Waals surface area contributed by atoms with E-state index in [9.17, 15) is 0 Å². The third kappa shape index (κ3) is 2.89. The summed E-state index contributed by atoms with van der Waals surface area (Å²) in [7, 11) is 4.08. The molecule has 1 aliphatic rings. The second-order valence-electron chi connectivity index (χ2n) is 5.78. The molecule has 3 nitrogen and oxygen atoms in total. The van der Waals surface area contributed by atoms with Crippen LogP contribution < -0.4 is 5.32 Å². The Hall–Kier alpha value is -0.830. The van der Waals surface area contributed by atoms with E-state index >= 15 is 0 Å². The summed E-state index contributed by atoms with van der Waals surface area (Å²) < 4.78 is 1.89. The van der Waals surface area contributed by atoms with Gasteiger partial charge in [-0.15, -0.1) is 0 Å². The van der Waals surface area contributed by atoms with E-state index in [1.165, 1.54) is 37.7 Å². The van der Waals surface area contributed by atoms with Gasteiger partial charge in [-0.2, -0.15) is 5.10 Å². The van der Waals surface area contributed by atoms with Crippen molar-refractivity contribution in [1.82, 2.24) is 15.1 Å². The van der Waals surface area contributed by atoms with Gasteiger partial charge >= 0.3 is 0 Å². The van der Waals surface area contributed by atoms with Gasteiger partial charge in [0.25, 0.3) is 0 Å². The highest BCUT2D eigenvalue weighted by Crippen LogP contribution is 2.39. The summed E-state index contributed by atoms with van der Waals surface area (Å²) in [4.78, 5) is 0. The molecular formula is C14H25N3. The van der Waals surface area contributed by atoms with Crippen molar-refractivity contribution in [3.05, 3.63) is 18.0 Å². The van der Waals surface area contributed by atoms with Crippen LogP contribution in [0, 0.1) is 5.41 Å². The van der Waals surface area contributed by atoms with Crippen molar-refractivity contribution < 1.29 is 0 Å². The fourth-order valence-electron chi connectivity index (χ4n) is 3.22. The third-order valence-corrected chi connectivity index (χ3v) is 4.38. The van der Waals surface area contributed by atoms with Crippen LogP contribution in [-0.2, 0) is 13.5 Å². The van der Waals surface area contributed by atoms with Gasteiger partial charge in [0.1, 0.15) is 0 Å². The summed E-state index contributed by atoms with van der Waals surface area (Å²) in [6.45, 7) is 2.45. The second-order valence-corrected chi connectivity index (χ2v) is 5.78. The van der Waals surface area contributed by atoms with Crippen LogP contribution in [0.3, 0.4) is 0 Å². The fraction of sp³-hybridized carbons (Fsp3) is 0.786. The van der Waals surface area contributed by atoms with Gasteiger partial charge in [0, 0.05) is 19.3 Å². The molecule has 0 spiro atoms.